The van der Waals surface area contributed by atoms with Gasteiger partial charge in [0, 0.05) is 23.2 Å². The summed E-state index contributed by atoms with van der Waals surface area (Å²) in [5.41, 5.74) is 1.68. The summed E-state index contributed by atoms with van der Waals surface area (Å²) < 4.78 is 0. The van der Waals surface area contributed by atoms with E-state index in [9.17, 15) is 4.79 Å². The Morgan fingerprint density at radius 2 is 1.95 bits per heavy atom. The Kier molecular flexibility index (Phi) is 3.79. The highest BCUT2D eigenvalue weighted by Gasteiger charge is 2.09. The number of nitrogens with zero attached hydrogens (tertiary/aromatic N) is 2. The molecule has 0 unspecified atom stereocenters. The number of hydrogen-bond acceptors (Lipinski definition) is 3. The van der Waals surface area contributed by atoms with Gasteiger partial charge in [-0.1, -0.05) is 41.9 Å². The summed E-state index contributed by atoms with van der Waals surface area (Å²) in [6.45, 7) is 0.441. The molecule has 4 nitrogen and oxygen atoms in total. The van der Waals surface area contributed by atoms with Crippen LogP contribution in [0.2, 0.25) is 5.02 Å². The maximum Gasteiger partial charge on any atom is 0.289 e. The van der Waals surface area contributed by atoms with Crippen LogP contribution in [-0.2, 0) is 6.54 Å². The van der Waals surface area contributed by atoms with E-state index in [1.165, 1.54) is 0 Å². The number of rotatable bonds is 3. The van der Waals surface area contributed by atoms with Crippen LogP contribution in [0.1, 0.15) is 16.2 Å². The lowest BCUT2D eigenvalue weighted by Gasteiger charge is -2.05. The number of benzene rings is 2. The van der Waals surface area contributed by atoms with Gasteiger partial charge in [-0.15, -0.1) is 0 Å². The fourth-order valence-corrected chi connectivity index (χ4v) is 2.13. The highest BCUT2D eigenvalue weighted by Crippen LogP contribution is 2.16. The summed E-state index contributed by atoms with van der Waals surface area (Å²) in [5, 5.41) is 4.22. The molecule has 0 saturated heterocycles. The van der Waals surface area contributed by atoms with Gasteiger partial charge in [0.05, 0.1) is 5.52 Å². The minimum absolute atomic E-state index is 0.140. The van der Waals surface area contributed by atoms with Crippen molar-refractivity contribution < 1.29 is 4.79 Å². The van der Waals surface area contributed by atoms with Crippen molar-refractivity contribution in [3.05, 3.63) is 71.1 Å². The SMILES string of the molecule is O=C(NCc1ccccc1)c1ncc2ccc(Cl)cc2n1. The predicted octanol–water partition coefficient (Wildman–Crippen LogP) is 3.21. The normalized spacial score (nSPS) is 10.5. The monoisotopic (exact) mass is 297 g/mol. The number of carbonyl (C=O) groups is 1. The lowest BCUT2D eigenvalue weighted by Crippen LogP contribution is -2.24. The van der Waals surface area contributed by atoms with E-state index in [-0.39, 0.29) is 11.7 Å². The van der Waals surface area contributed by atoms with Gasteiger partial charge in [0.1, 0.15) is 0 Å². The van der Waals surface area contributed by atoms with Crippen molar-refractivity contribution in [2.45, 2.75) is 6.54 Å². The lowest BCUT2D eigenvalue weighted by molar-refractivity contribution is 0.0941. The fourth-order valence-electron chi connectivity index (χ4n) is 1.96. The molecule has 3 aromatic rings. The Labute approximate surface area is 126 Å². The summed E-state index contributed by atoms with van der Waals surface area (Å²) in [6.07, 6.45) is 1.62. The topological polar surface area (TPSA) is 54.9 Å². The fraction of sp³-hybridized carbons (Fsp3) is 0.0625. The van der Waals surface area contributed by atoms with E-state index in [4.69, 9.17) is 11.6 Å². The third kappa shape index (κ3) is 3.17. The Balaban J connectivity index is 1.78. The number of hydrogen-bond donors (Lipinski definition) is 1. The summed E-state index contributed by atoms with van der Waals surface area (Å²) in [7, 11) is 0. The minimum Gasteiger partial charge on any atom is -0.345 e. The highest BCUT2D eigenvalue weighted by molar-refractivity contribution is 6.31. The van der Waals surface area contributed by atoms with Crippen molar-refractivity contribution in [1.29, 1.82) is 0 Å². The second-order valence-corrected chi connectivity index (χ2v) is 5.00. The van der Waals surface area contributed by atoms with Crippen LogP contribution in [0.15, 0.2) is 54.7 Å². The molecule has 0 aliphatic carbocycles. The average molecular weight is 298 g/mol. The van der Waals surface area contributed by atoms with Gasteiger partial charge in [-0.05, 0) is 23.8 Å². The van der Waals surface area contributed by atoms with Crippen molar-refractivity contribution in [2.24, 2.45) is 0 Å². The summed E-state index contributed by atoms with van der Waals surface area (Å²) in [5.74, 6) is -0.165. The van der Waals surface area contributed by atoms with Gasteiger partial charge in [-0.2, -0.15) is 0 Å². The van der Waals surface area contributed by atoms with Gasteiger partial charge in [0.15, 0.2) is 0 Å². The van der Waals surface area contributed by atoms with Gasteiger partial charge in [0.25, 0.3) is 5.91 Å². The third-order valence-corrected chi connectivity index (χ3v) is 3.28. The molecule has 1 N–H and O–H groups in total. The molecule has 0 radical (unpaired) electrons. The average Bonchev–Trinajstić information content (AvgIpc) is 2.53. The molecule has 0 aliphatic heterocycles. The van der Waals surface area contributed by atoms with Gasteiger partial charge >= 0.3 is 0 Å². The predicted molar refractivity (Wildman–Crippen MR) is 82.2 cm³/mol. The number of aromatic nitrogens is 2. The molecule has 0 aliphatic rings. The molecule has 1 aromatic heterocycles. The third-order valence-electron chi connectivity index (χ3n) is 3.04. The molecule has 1 amide bonds. The van der Waals surface area contributed by atoms with Gasteiger partial charge < -0.3 is 5.32 Å². The van der Waals surface area contributed by atoms with Crippen molar-refractivity contribution in [3.8, 4) is 0 Å². The molecule has 0 spiro atoms. The Hall–Kier alpha value is -2.46. The van der Waals surface area contributed by atoms with E-state index in [2.05, 4.69) is 15.3 Å². The summed E-state index contributed by atoms with van der Waals surface area (Å²) in [4.78, 5) is 20.4. The van der Waals surface area contributed by atoms with Crippen molar-refractivity contribution in [3.63, 3.8) is 0 Å². The van der Waals surface area contributed by atoms with Gasteiger partial charge in [0.2, 0.25) is 5.82 Å². The quantitative estimate of drug-likeness (QED) is 0.807. The van der Waals surface area contributed by atoms with Crippen molar-refractivity contribution >= 4 is 28.4 Å². The van der Waals surface area contributed by atoms with Crippen molar-refractivity contribution in [2.75, 3.05) is 0 Å². The molecule has 0 bridgehead atoms. The van der Waals surface area contributed by atoms with E-state index < -0.39 is 0 Å². The number of nitrogens with one attached hydrogen (secondary N) is 1. The first kappa shape index (κ1) is 13.5. The van der Waals surface area contributed by atoms with E-state index in [0.717, 1.165) is 10.9 Å². The van der Waals surface area contributed by atoms with Crippen LogP contribution in [-0.4, -0.2) is 15.9 Å². The second-order valence-electron chi connectivity index (χ2n) is 4.57. The summed E-state index contributed by atoms with van der Waals surface area (Å²) >= 11 is 5.93. The standard InChI is InChI=1S/C16H12ClN3O/c17-13-7-6-12-10-18-15(20-14(12)8-13)16(21)19-9-11-4-2-1-3-5-11/h1-8,10H,9H2,(H,19,21). The second kappa shape index (κ2) is 5.89. The maximum atomic E-state index is 12.1. The van der Waals surface area contributed by atoms with Crippen LogP contribution in [0, 0.1) is 0 Å². The van der Waals surface area contributed by atoms with Crippen LogP contribution in [0.25, 0.3) is 10.9 Å². The maximum absolute atomic E-state index is 12.1. The zero-order valence-corrected chi connectivity index (χ0v) is 11.8. The van der Waals surface area contributed by atoms with Crippen molar-refractivity contribution in [1.82, 2.24) is 15.3 Å². The van der Waals surface area contributed by atoms with E-state index in [0.29, 0.717) is 17.1 Å². The lowest BCUT2D eigenvalue weighted by atomic mass is 10.2. The molecular formula is C16H12ClN3O. The zero-order valence-electron chi connectivity index (χ0n) is 11.1. The molecule has 3 rings (SSSR count). The Morgan fingerprint density at radius 3 is 2.76 bits per heavy atom. The van der Waals surface area contributed by atoms with Crippen LogP contribution >= 0.6 is 11.6 Å². The van der Waals surface area contributed by atoms with Gasteiger partial charge in [-0.25, -0.2) is 9.97 Å². The molecule has 21 heavy (non-hydrogen) atoms. The first-order valence-corrected chi connectivity index (χ1v) is 6.84. The zero-order chi connectivity index (χ0) is 14.7. The molecule has 104 valence electrons. The smallest absolute Gasteiger partial charge is 0.289 e. The van der Waals surface area contributed by atoms with Gasteiger partial charge in [-0.3, -0.25) is 4.79 Å². The first-order valence-electron chi connectivity index (χ1n) is 6.47. The summed E-state index contributed by atoms with van der Waals surface area (Å²) in [6, 6.07) is 15.0. The number of fused-ring (bicyclic) bond motifs is 1. The Morgan fingerprint density at radius 1 is 1.14 bits per heavy atom. The number of amides is 1. The van der Waals surface area contributed by atoms with E-state index in [1.807, 2.05) is 36.4 Å². The molecule has 0 atom stereocenters. The first-order chi connectivity index (χ1) is 10.2. The van der Waals surface area contributed by atoms with Crippen LogP contribution in [0.3, 0.4) is 0 Å². The van der Waals surface area contributed by atoms with Crippen LogP contribution < -0.4 is 5.32 Å². The highest BCUT2D eigenvalue weighted by atomic mass is 35.5. The van der Waals surface area contributed by atoms with Crippen LogP contribution in [0.5, 0.6) is 0 Å². The largest absolute Gasteiger partial charge is 0.345 e. The minimum atomic E-state index is -0.305. The molecule has 0 saturated carbocycles. The van der Waals surface area contributed by atoms with E-state index >= 15 is 0 Å². The molecule has 0 fully saturated rings. The Bertz CT molecular complexity index is 790. The number of halogens is 1. The molecular weight excluding hydrogens is 286 g/mol. The van der Waals surface area contributed by atoms with E-state index in [1.54, 1.807) is 18.3 Å². The molecule has 1 heterocycles. The van der Waals surface area contributed by atoms with Crippen LogP contribution in [0.4, 0.5) is 0 Å². The number of carbonyl (C=O) groups excluding carboxylic acids is 1. The molecule has 5 heteroatoms. The molecule has 2 aromatic carbocycles.